The molecule has 0 spiro atoms. The van der Waals surface area contributed by atoms with Crippen molar-refractivity contribution in [3.05, 3.63) is 12.7 Å². The smallest absolute Gasteiger partial charge is 0.427 e. The van der Waals surface area contributed by atoms with Crippen molar-refractivity contribution in [1.82, 2.24) is 5.43 Å². The average Bonchev–Trinajstić information content (AvgIpc) is 1.89. The Hall–Kier alpha value is -1.32. The molecule has 9 heavy (non-hydrogen) atoms. The van der Waals surface area contributed by atoms with Gasteiger partial charge in [-0.25, -0.2) is 10.2 Å². The van der Waals surface area contributed by atoms with Gasteiger partial charge in [0.05, 0.1) is 7.11 Å². The summed E-state index contributed by atoms with van der Waals surface area (Å²) in [6, 6.07) is 0. The third-order valence-electron chi connectivity index (χ3n) is 0.521. The lowest BCUT2D eigenvalue weighted by molar-refractivity contribution is 0.171. The maximum absolute atomic E-state index is 10.2. The van der Waals surface area contributed by atoms with E-state index < -0.39 is 6.09 Å². The molecular formula is C5H8N2O2. The second-order valence-electron chi connectivity index (χ2n) is 1.12. The summed E-state index contributed by atoms with van der Waals surface area (Å²) >= 11 is 0. The van der Waals surface area contributed by atoms with Gasteiger partial charge in [-0.1, -0.05) is 6.58 Å². The van der Waals surface area contributed by atoms with Crippen LogP contribution in [0.4, 0.5) is 4.79 Å². The van der Waals surface area contributed by atoms with Crippen LogP contribution < -0.4 is 5.43 Å². The molecule has 1 N–H and O–H groups in total. The molecule has 0 aromatic carbocycles. The van der Waals surface area contributed by atoms with Crippen molar-refractivity contribution in [1.29, 1.82) is 0 Å². The van der Waals surface area contributed by atoms with Gasteiger partial charge in [-0.15, -0.1) is 0 Å². The lowest BCUT2D eigenvalue weighted by Crippen LogP contribution is -2.16. The highest BCUT2D eigenvalue weighted by Crippen LogP contribution is 1.68. The average molecular weight is 128 g/mol. The minimum atomic E-state index is -0.590. The first-order chi connectivity index (χ1) is 4.31. The number of nitrogens with zero attached hydrogens (tertiary/aromatic N) is 1. The molecule has 0 aliphatic heterocycles. The van der Waals surface area contributed by atoms with Crippen LogP contribution >= 0.6 is 0 Å². The standard InChI is InChI=1S/C5H8N2O2/c1-3-4-6-7-5(8)9-2/h3-4H,1H2,2H3,(H,7,8). The summed E-state index contributed by atoms with van der Waals surface area (Å²) in [5.74, 6) is 0. The number of methoxy groups -OCH3 is 1. The molecule has 0 fully saturated rings. The van der Waals surface area contributed by atoms with Crippen LogP contribution in [0.25, 0.3) is 0 Å². The highest BCUT2D eigenvalue weighted by atomic mass is 16.5. The number of allylic oxidation sites excluding steroid dienone is 1. The first-order valence-corrected chi connectivity index (χ1v) is 2.29. The zero-order valence-corrected chi connectivity index (χ0v) is 5.13. The molecule has 0 saturated heterocycles. The molecular weight excluding hydrogens is 120 g/mol. The van der Waals surface area contributed by atoms with Crippen LogP contribution in [0.5, 0.6) is 0 Å². The van der Waals surface area contributed by atoms with Crippen LogP contribution in [-0.4, -0.2) is 19.4 Å². The summed E-state index contributed by atoms with van der Waals surface area (Å²) in [7, 11) is 1.26. The van der Waals surface area contributed by atoms with Gasteiger partial charge in [0.1, 0.15) is 0 Å². The predicted molar refractivity (Wildman–Crippen MR) is 34.2 cm³/mol. The Labute approximate surface area is 53.2 Å². The van der Waals surface area contributed by atoms with Gasteiger partial charge < -0.3 is 4.74 Å². The van der Waals surface area contributed by atoms with Crippen LogP contribution in [0.3, 0.4) is 0 Å². The van der Waals surface area contributed by atoms with Gasteiger partial charge in [0.2, 0.25) is 0 Å². The zero-order valence-electron chi connectivity index (χ0n) is 5.13. The van der Waals surface area contributed by atoms with Crippen molar-refractivity contribution in [3.8, 4) is 0 Å². The number of ether oxygens (including phenoxy) is 1. The third-order valence-corrected chi connectivity index (χ3v) is 0.521. The number of rotatable bonds is 2. The van der Waals surface area contributed by atoms with Crippen molar-refractivity contribution < 1.29 is 9.53 Å². The Morgan fingerprint density at radius 2 is 2.56 bits per heavy atom. The molecule has 0 aliphatic carbocycles. The molecule has 50 valence electrons. The molecule has 0 saturated carbocycles. The SMILES string of the molecule is C=CC=NNC(=O)OC. The Morgan fingerprint density at radius 3 is 3.00 bits per heavy atom. The number of hydrogen-bond acceptors (Lipinski definition) is 3. The topological polar surface area (TPSA) is 50.7 Å². The number of carbonyl (C=O) groups is 1. The third kappa shape index (κ3) is 4.53. The van der Waals surface area contributed by atoms with Crippen LogP contribution in [-0.2, 0) is 4.74 Å². The molecule has 0 aliphatic rings. The van der Waals surface area contributed by atoms with E-state index in [1.165, 1.54) is 19.4 Å². The Morgan fingerprint density at radius 1 is 1.89 bits per heavy atom. The Bertz CT molecular complexity index is 131. The zero-order chi connectivity index (χ0) is 7.11. The van der Waals surface area contributed by atoms with E-state index in [9.17, 15) is 4.79 Å². The normalized spacial score (nSPS) is 9.00. The summed E-state index contributed by atoms with van der Waals surface area (Å²) < 4.78 is 4.20. The van der Waals surface area contributed by atoms with E-state index >= 15 is 0 Å². The summed E-state index contributed by atoms with van der Waals surface area (Å²) in [5.41, 5.74) is 2.07. The van der Waals surface area contributed by atoms with Crippen LogP contribution in [0.1, 0.15) is 0 Å². The van der Waals surface area contributed by atoms with E-state index in [4.69, 9.17) is 0 Å². The fraction of sp³-hybridized carbons (Fsp3) is 0.200. The lowest BCUT2D eigenvalue weighted by Gasteiger charge is -1.92. The van der Waals surface area contributed by atoms with Crippen LogP contribution in [0.2, 0.25) is 0 Å². The molecule has 0 atom stereocenters. The van der Waals surface area contributed by atoms with Crippen molar-refractivity contribution in [2.75, 3.05) is 7.11 Å². The molecule has 0 aromatic heterocycles. The van der Waals surface area contributed by atoms with E-state index in [0.717, 1.165) is 0 Å². The van der Waals surface area contributed by atoms with Gasteiger partial charge in [0, 0.05) is 6.21 Å². The number of amides is 1. The maximum atomic E-state index is 10.2. The molecule has 0 rings (SSSR count). The lowest BCUT2D eigenvalue weighted by atomic mass is 10.7. The summed E-state index contributed by atoms with van der Waals surface area (Å²) in [6.45, 7) is 3.34. The highest BCUT2D eigenvalue weighted by molar-refractivity contribution is 5.73. The molecule has 4 heteroatoms. The fourth-order valence-electron chi connectivity index (χ4n) is 0.188. The Balaban J connectivity index is 3.37. The maximum Gasteiger partial charge on any atom is 0.427 e. The van der Waals surface area contributed by atoms with Gasteiger partial charge in [0.15, 0.2) is 0 Å². The first-order valence-electron chi connectivity index (χ1n) is 2.29. The summed E-state index contributed by atoms with van der Waals surface area (Å²) in [6.07, 6.45) is 2.19. The summed E-state index contributed by atoms with van der Waals surface area (Å²) in [4.78, 5) is 10.2. The van der Waals surface area contributed by atoms with Gasteiger partial charge in [0.25, 0.3) is 0 Å². The molecule has 0 bridgehead atoms. The molecule has 0 unspecified atom stereocenters. The van der Waals surface area contributed by atoms with Crippen molar-refractivity contribution in [2.45, 2.75) is 0 Å². The van der Waals surface area contributed by atoms with Gasteiger partial charge in [-0.2, -0.15) is 5.10 Å². The van der Waals surface area contributed by atoms with Crippen LogP contribution in [0.15, 0.2) is 17.8 Å². The molecule has 0 aromatic rings. The minimum absolute atomic E-state index is 0.590. The predicted octanol–water partition coefficient (Wildman–Crippen LogP) is 0.514. The van der Waals surface area contributed by atoms with E-state index in [1.807, 2.05) is 0 Å². The largest absolute Gasteiger partial charge is 0.452 e. The quantitative estimate of drug-likeness (QED) is 0.435. The highest BCUT2D eigenvalue weighted by Gasteiger charge is 1.89. The van der Waals surface area contributed by atoms with E-state index in [0.29, 0.717) is 0 Å². The monoisotopic (exact) mass is 128 g/mol. The van der Waals surface area contributed by atoms with Crippen LogP contribution in [0, 0.1) is 0 Å². The first kappa shape index (κ1) is 7.68. The molecule has 0 radical (unpaired) electrons. The molecule has 4 nitrogen and oxygen atoms in total. The Kier molecular flexibility index (Phi) is 4.12. The second kappa shape index (κ2) is 4.83. The number of nitrogens with one attached hydrogen (secondary N) is 1. The van der Waals surface area contributed by atoms with Gasteiger partial charge in [-0.3, -0.25) is 0 Å². The minimum Gasteiger partial charge on any atom is -0.452 e. The van der Waals surface area contributed by atoms with Gasteiger partial charge in [-0.05, 0) is 6.08 Å². The van der Waals surface area contributed by atoms with E-state index in [1.54, 1.807) is 0 Å². The summed E-state index contributed by atoms with van der Waals surface area (Å²) in [5, 5.41) is 3.39. The molecule has 1 amide bonds. The number of hydrogen-bond donors (Lipinski definition) is 1. The van der Waals surface area contributed by atoms with Crippen molar-refractivity contribution in [2.24, 2.45) is 5.10 Å². The van der Waals surface area contributed by atoms with Crippen molar-refractivity contribution >= 4 is 12.3 Å². The van der Waals surface area contributed by atoms with Crippen molar-refractivity contribution in [3.63, 3.8) is 0 Å². The van der Waals surface area contributed by atoms with Gasteiger partial charge >= 0.3 is 6.09 Å². The van der Waals surface area contributed by atoms with E-state index in [-0.39, 0.29) is 0 Å². The molecule has 0 heterocycles. The second-order valence-corrected chi connectivity index (χ2v) is 1.12. The fourth-order valence-corrected chi connectivity index (χ4v) is 0.188. The number of hydrazone groups is 1. The van der Waals surface area contributed by atoms with E-state index in [2.05, 4.69) is 21.8 Å². The number of carbonyl (C=O) groups excluding carboxylic acids is 1.